The van der Waals surface area contributed by atoms with Crippen LogP contribution < -0.4 is 0 Å². The Morgan fingerprint density at radius 1 is 0.304 bits per heavy atom. The smallest absolute Gasteiger partial charge is 0 e. The SMILES string of the molecule is C[Si](C(C)(C)C)C(C)(C)C.C[Si](C(C)(C)C)C(C)(C)C.C[Si](C(C)(C)C)C(C)(C)C.C[Si](C(C)(C)C)C(C)(C)C.[Cl][Ge][CH2][Ge][Cl].[Ge]. The quantitative estimate of drug-likeness (QED) is 0.242. The number of hydrogen-bond donors (Lipinski definition) is 0. The van der Waals surface area contributed by atoms with Gasteiger partial charge in [0.15, 0.2) is 0 Å². The topological polar surface area (TPSA) is 0 Å². The molecule has 12 radical (unpaired) electrons. The Kier molecular flexibility index (Phi) is 32.4. The summed E-state index contributed by atoms with van der Waals surface area (Å²) in [5, 5.41) is 4.36. The molecule has 0 aromatic heterocycles. The van der Waals surface area contributed by atoms with E-state index in [2.05, 4.69) is 192 Å². The molecule has 0 saturated heterocycles. The van der Waals surface area contributed by atoms with Gasteiger partial charge in [-0.05, 0) is 40.3 Å². The summed E-state index contributed by atoms with van der Waals surface area (Å²) in [5.74, 6) is 0. The molecule has 0 aliphatic rings. The summed E-state index contributed by atoms with van der Waals surface area (Å²) in [4.78, 5) is 0. The molecule has 0 nitrogen and oxygen atoms in total. The monoisotopic (exact) mass is 934 g/mol. The van der Waals surface area contributed by atoms with Gasteiger partial charge in [-0.3, -0.25) is 0 Å². The van der Waals surface area contributed by atoms with Crippen molar-refractivity contribution in [2.45, 2.75) is 237 Å². The van der Waals surface area contributed by atoms with Crippen molar-refractivity contribution in [1.29, 1.82) is 0 Å². The third-order valence-corrected chi connectivity index (χ3v) is 37.8. The summed E-state index contributed by atoms with van der Waals surface area (Å²) in [6.07, 6.45) is 0. The minimum Gasteiger partial charge on any atom is 0 e. The van der Waals surface area contributed by atoms with Gasteiger partial charge in [-0.25, -0.2) is 0 Å². The second-order valence-electron chi connectivity index (χ2n) is 20.9. The van der Waals surface area contributed by atoms with E-state index >= 15 is 0 Å². The summed E-state index contributed by atoms with van der Waals surface area (Å²) >= 11 is -0.194. The van der Waals surface area contributed by atoms with Crippen LogP contribution >= 0.6 is 20.0 Å². The van der Waals surface area contributed by atoms with Crippen LogP contribution in [0.2, 0.25) is 70.6 Å². The van der Waals surface area contributed by atoms with Crippen molar-refractivity contribution in [3.8, 4) is 0 Å². The van der Waals surface area contributed by atoms with Gasteiger partial charge in [0.2, 0.25) is 0 Å². The van der Waals surface area contributed by atoms with Crippen molar-refractivity contribution >= 4 is 102 Å². The Morgan fingerprint density at radius 3 is 0.391 bits per heavy atom. The van der Waals surface area contributed by atoms with Crippen molar-refractivity contribution in [2.75, 3.05) is 0 Å². The van der Waals surface area contributed by atoms with E-state index in [-0.39, 0.29) is 81.8 Å². The first-order valence-electron chi connectivity index (χ1n) is 17.1. The van der Waals surface area contributed by atoms with Crippen molar-refractivity contribution < 1.29 is 0 Å². The van der Waals surface area contributed by atoms with Crippen LogP contribution in [-0.4, -0.2) is 81.8 Å². The molecule has 0 heterocycles. The molecule has 0 unspecified atom stereocenters. The summed E-state index contributed by atoms with van der Waals surface area (Å²) < 4.78 is 1.17. The maximum Gasteiger partial charge on any atom is 0 e. The van der Waals surface area contributed by atoms with E-state index in [1.54, 1.807) is 0 Å². The molecule has 0 fully saturated rings. The van der Waals surface area contributed by atoms with Crippen LogP contribution in [0.5, 0.6) is 0 Å². The zero-order valence-electron chi connectivity index (χ0n) is 37.0. The van der Waals surface area contributed by atoms with Gasteiger partial charge in [-0.1, -0.05) is 192 Å². The molecule has 9 heteroatoms. The number of rotatable bonds is 2. The zero-order chi connectivity index (χ0) is 38.4. The maximum atomic E-state index is 5.37. The standard InChI is InChI=1S/4C9H21Si.CH2Cl2Ge2.Ge/c4*1-8(2,3)10(7)9(4,5)6;2-4-1-5-3;/h4*1-7H3;1H2;. The first-order valence-corrected chi connectivity index (χ1v) is 33.6. The van der Waals surface area contributed by atoms with E-state index < -0.39 is 0 Å². The van der Waals surface area contributed by atoms with Crippen LogP contribution in [0.4, 0.5) is 0 Å². The van der Waals surface area contributed by atoms with Crippen LogP contribution in [0.15, 0.2) is 0 Å². The molecule has 0 rings (SSSR count). The van der Waals surface area contributed by atoms with Gasteiger partial charge in [-0.15, -0.1) is 0 Å². The van der Waals surface area contributed by atoms with E-state index in [1.807, 2.05) is 0 Å². The summed E-state index contributed by atoms with van der Waals surface area (Å²) in [5.41, 5.74) is 0. The molecular weight excluding hydrogens is 845 g/mol. The Balaban J connectivity index is -0.000000110. The first kappa shape index (κ1) is 61.1. The fraction of sp³-hybridized carbons (Fsp3) is 1.00. The Bertz CT molecular complexity index is 546. The summed E-state index contributed by atoms with van der Waals surface area (Å²) in [7, 11) is 9.86. The van der Waals surface area contributed by atoms with E-state index in [0.29, 0.717) is 40.3 Å². The van der Waals surface area contributed by atoms with E-state index in [9.17, 15) is 0 Å². The molecule has 46 heavy (non-hydrogen) atoms. The minimum atomic E-state index is -0.221. The van der Waals surface area contributed by atoms with E-state index in [1.165, 1.54) is 4.09 Å². The maximum absolute atomic E-state index is 5.37. The Labute approximate surface area is 335 Å². The molecule has 0 amide bonds. The van der Waals surface area contributed by atoms with Gasteiger partial charge < -0.3 is 0 Å². The summed E-state index contributed by atoms with van der Waals surface area (Å²) in [6, 6.07) is 0. The van der Waals surface area contributed by atoms with Gasteiger partial charge >= 0.3 is 53.1 Å². The normalized spacial score (nSPS) is 13.4. The van der Waals surface area contributed by atoms with Crippen LogP contribution in [0.1, 0.15) is 166 Å². The second kappa shape index (κ2) is 24.4. The molecule has 0 spiro atoms. The summed E-state index contributed by atoms with van der Waals surface area (Å²) in [6.45, 7) is 66.2. The average molecular weight is 932 g/mol. The van der Waals surface area contributed by atoms with Crippen molar-refractivity contribution in [3.05, 3.63) is 0 Å². The molecule has 0 bridgehead atoms. The fourth-order valence-electron chi connectivity index (χ4n) is 4.53. The van der Waals surface area contributed by atoms with Gasteiger partial charge in [0.25, 0.3) is 0 Å². The predicted octanol–water partition coefficient (Wildman–Crippen LogP) is 15.5. The molecule has 276 valence electrons. The number of halogens is 2. The molecular formula is C37H86Cl2Ge3Si4. The van der Waals surface area contributed by atoms with E-state index in [4.69, 9.17) is 20.0 Å². The van der Waals surface area contributed by atoms with Crippen LogP contribution in [-0.2, 0) is 0 Å². The van der Waals surface area contributed by atoms with Crippen molar-refractivity contribution in [2.24, 2.45) is 0 Å². The van der Waals surface area contributed by atoms with E-state index in [0.717, 1.165) is 0 Å². The third kappa shape index (κ3) is 35.5. The van der Waals surface area contributed by atoms with Crippen LogP contribution in [0.3, 0.4) is 0 Å². The first-order chi connectivity index (χ1) is 19.0. The second-order valence-corrected chi connectivity index (χ2v) is 46.4. The molecule has 0 saturated carbocycles. The van der Waals surface area contributed by atoms with Crippen LogP contribution in [0.25, 0.3) is 0 Å². The zero-order valence-corrected chi connectivity index (χ0v) is 48.8. The van der Waals surface area contributed by atoms with Gasteiger partial charge in [0.05, 0.1) is 35.2 Å². The van der Waals surface area contributed by atoms with Crippen LogP contribution in [0, 0.1) is 0 Å². The molecule has 0 aromatic rings. The Hall–Kier alpha value is 3.08. The van der Waals surface area contributed by atoms with Gasteiger partial charge in [-0.2, -0.15) is 0 Å². The third-order valence-electron chi connectivity index (χ3n) is 9.13. The molecule has 0 aromatic carbocycles. The van der Waals surface area contributed by atoms with Crippen molar-refractivity contribution in [1.82, 2.24) is 0 Å². The largest absolute Gasteiger partial charge is 0 e. The molecule has 0 aliphatic heterocycles. The molecule has 0 N–H and O–H groups in total. The predicted molar refractivity (Wildman–Crippen MR) is 238 cm³/mol. The Morgan fingerprint density at radius 2 is 0.391 bits per heavy atom. The molecule has 0 aliphatic carbocycles. The molecule has 0 atom stereocenters. The van der Waals surface area contributed by atoms with Crippen molar-refractivity contribution in [3.63, 3.8) is 0 Å². The van der Waals surface area contributed by atoms with Gasteiger partial charge in [0.1, 0.15) is 0 Å². The minimum absolute atomic E-state index is 0. The number of hydrogen-bond acceptors (Lipinski definition) is 0. The fourth-order valence-corrected chi connectivity index (χ4v) is 19.6. The van der Waals surface area contributed by atoms with Gasteiger partial charge in [0, 0.05) is 17.6 Å². The average Bonchev–Trinajstić information content (AvgIpc) is 2.74.